The van der Waals surface area contributed by atoms with Crippen LogP contribution in [0, 0.1) is 0 Å². The van der Waals surface area contributed by atoms with Gasteiger partial charge < -0.3 is 10.6 Å². The Balaban J connectivity index is 0.000000449. The maximum Gasteiger partial charge on any atom is 0.387 e. The lowest BCUT2D eigenvalue weighted by Gasteiger charge is -2.39. The first kappa shape index (κ1) is 39.9. The monoisotopic (exact) mass is 880 g/mol. The highest BCUT2D eigenvalue weighted by molar-refractivity contribution is 14.1. The number of hydrogen-bond acceptors (Lipinski definition) is 4. The van der Waals surface area contributed by atoms with Crippen molar-refractivity contribution in [1.29, 1.82) is 0 Å². The van der Waals surface area contributed by atoms with E-state index in [0.29, 0.717) is 24.2 Å². The van der Waals surface area contributed by atoms with Gasteiger partial charge in [-0.05, 0) is 37.1 Å². The second-order valence-corrected chi connectivity index (χ2v) is 11.4. The fourth-order valence-electron chi connectivity index (χ4n) is 2.96. The van der Waals surface area contributed by atoms with Crippen LogP contribution in [0.5, 0.6) is 0 Å². The van der Waals surface area contributed by atoms with Crippen LogP contribution < -0.4 is 10.6 Å². The predicted octanol–water partition coefficient (Wildman–Crippen LogP) is 7.78. The van der Waals surface area contributed by atoms with Crippen molar-refractivity contribution in [3.8, 4) is 0 Å². The second-order valence-electron chi connectivity index (χ2n) is 8.70. The Kier molecular flexibility index (Phi) is 14.4. The molecule has 0 aromatic carbocycles. The quantitative estimate of drug-likeness (QED) is 0.0880. The van der Waals surface area contributed by atoms with E-state index in [1.54, 1.807) is 49.1 Å². The van der Waals surface area contributed by atoms with E-state index in [-0.39, 0.29) is 11.8 Å². The zero-order valence-electron chi connectivity index (χ0n) is 21.9. The van der Waals surface area contributed by atoms with E-state index in [4.69, 9.17) is 0 Å². The van der Waals surface area contributed by atoms with E-state index in [2.05, 4.69) is 20.6 Å². The van der Waals surface area contributed by atoms with E-state index in [0.717, 1.165) is 25.7 Å². The number of alkyl halides is 14. The highest BCUT2D eigenvalue weighted by Gasteiger charge is 2.89. The third-order valence-electron chi connectivity index (χ3n) is 5.42. The Morgan fingerprint density at radius 1 is 0.568 bits per heavy atom. The molecular formula is C24H22F12I2N4O2. The van der Waals surface area contributed by atoms with Crippen molar-refractivity contribution in [3.63, 3.8) is 0 Å². The first-order chi connectivity index (χ1) is 20.0. The summed E-state index contributed by atoms with van der Waals surface area (Å²) in [5, 5.41) is 5.75. The van der Waals surface area contributed by atoms with Gasteiger partial charge in [0, 0.05) is 83.1 Å². The van der Waals surface area contributed by atoms with Crippen LogP contribution in [0.3, 0.4) is 0 Å². The molecule has 20 heteroatoms. The first-order valence-electron chi connectivity index (χ1n) is 12.0. The lowest BCUT2D eigenvalue weighted by Crippen LogP contribution is -2.68. The molecule has 248 valence electrons. The second kappa shape index (κ2) is 15.9. The van der Waals surface area contributed by atoms with Gasteiger partial charge in [0.05, 0.1) is 11.1 Å². The van der Waals surface area contributed by atoms with E-state index in [1.807, 2.05) is 0 Å². The van der Waals surface area contributed by atoms with Crippen molar-refractivity contribution >= 4 is 57.0 Å². The van der Waals surface area contributed by atoms with Crippen LogP contribution in [0.2, 0.25) is 0 Å². The zero-order chi connectivity index (χ0) is 34.0. The van der Waals surface area contributed by atoms with Crippen LogP contribution >= 0.6 is 45.2 Å². The molecule has 2 heterocycles. The number of unbranched alkanes of at least 4 members (excludes halogenated alkanes) is 3. The predicted molar refractivity (Wildman–Crippen MR) is 149 cm³/mol. The van der Waals surface area contributed by atoms with Gasteiger partial charge in [0.25, 0.3) is 11.8 Å². The Labute approximate surface area is 269 Å². The van der Waals surface area contributed by atoms with Crippen LogP contribution in [0.15, 0.2) is 49.1 Å². The third kappa shape index (κ3) is 9.93. The number of hydrogen-bond donors (Lipinski definition) is 2. The van der Waals surface area contributed by atoms with Gasteiger partial charge in [-0.25, -0.2) is 0 Å². The molecule has 0 aliphatic rings. The van der Waals surface area contributed by atoms with Gasteiger partial charge in [-0.15, -0.1) is 0 Å². The van der Waals surface area contributed by atoms with Gasteiger partial charge in [0.1, 0.15) is 0 Å². The number of aromatic nitrogens is 2. The summed E-state index contributed by atoms with van der Waals surface area (Å²) >= 11 is -1.39. The molecule has 2 aromatic rings. The van der Waals surface area contributed by atoms with Crippen molar-refractivity contribution in [2.24, 2.45) is 0 Å². The molecule has 0 saturated carbocycles. The van der Waals surface area contributed by atoms with E-state index in [9.17, 15) is 62.3 Å². The van der Waals surface area contributed by atoms with Crippen LogP contribution in [0.4, 0.5) is 52.7 Å². The number of pyridine rings is 2. The smallest absolute Gasteiger partial charge is 0.352 e. The van der Waals surface area contributed by atoms with Crippen LogP contribution in [0.1, 0.15) is 46.4 Å². The molecule has 6 nitrogen and oxygen atoms in total. The van der Waals surface area contributed by atoms with Gasteiger partial charge in [-0.2, -0.15) is 52.7 Å². The summed E-state index contributed by atoms with van der Waals surface area (Å²) in [6, 6.07) is 6.98. The number of carbonyl (C=O) groups excluding carboxylic acids is 2. The molecule has 2 rings (SSSR count). The highest BCUT2D eigenvalue weighted by atomic mass is 127. The van der Waals surface area contributed by atoms with Crippen molar-refractivity contribution < 1.29 is 62.3 Å². The van der Waals surface area contributed by atoms with Crippen LogP contribution in [0.25, 0.3) is 0 Å². The Morgan fingerprint density at radius 2 is 0.886 bits per heavy atom. The number of halogens is 14. The average Bonchev–Trinajstić information content (AvgIpc) is 2.94. The van der Waals surface area contributed by atoms with E-state index >= 15 is 0 Å². The largest absolute Gasteiger partial charge is 0.387 e. The molecule has 0 radical (unpaired) electrons. The maximum absolute atomic E-state index is 12.7. The molecule has 44 heavy (non-hydrogen) atoms. The lowest BCUT2D eigenvalue weighted by atomic mass is 9.99. The standard InChI is InChI=1S/C18H22N4O2.C6F12I2/c23-17(15-7-5-9-19-13-15)21-11-3-1-2-4-12-22-18(24)16-8-6-10-20-14-16;7-1(8,3(11,12)5(15,16)19)2(9,10)4(13,14)6(17,18)20/h5-10,13-14H,1-4,11-12H2,(H,21,23)(H,22,24);. The van der Waals surface area contributed by atoms with Crippen molar-refractivity contribution in [3.05, 3.63) is 60.2 Å². The third-order valence-corrected chi connectivity index (χ3v) is 6.77. The number of carbonyl (C=O) groups is 2. The summed E-state index contributed by atoms with van der Waals surface area (Å²) in [4.78, 5) is 31.4. The fraction of sp³-hybridized carbons (Fsp3) is 0.500. The molecule has 2 amide bonds. The van der Waals surface area contributed by atoms with Gasteiger partial charge in [-0.1, -0.05) is 12.8 Å². The minimum atomic E-state index is -7.44. The molecule has 2 aromatic heterocycles. The summed E-state index contributed by atoms with van der Waals surface area (Å²) in [5.74, 6) is -29.1. The molecule has 0 atom stereocenters. The van der Waals surface area contributed by atoms with E-state index in [1.165, 1.54) is 0 Å². The summed E-state index contributed by atoms with van der Waals surface area (Å²) in [5.41, 5.74) is 1.16. The number of nitrogens with zero attached hydrogens (tertiary/aromatic N) is 2. The van der Waals surface area contributed by atoms with Crippen LogP contribution in [-0.2, 0) is 0 Å². The van der Waals surface area contributed by atoms with Crippen LogP contribution in [-0.4, -0.2) is 66.4 Å². The van der Waals surface area contributed by atoms with Crippen molar-refractivity contribution in [2.75, 3.05) is 13.1 Å². The van der Waals surface area contributed by atoms with Gasteiger partial charge in [0.2, 0.25) is 0 Å². The first-order valence-corrected chi connectivity index (χ1v) is 14.2. The molecular weight excluding hydrogens is 858 g/mol. The minimum absolute atomic E-state index is 0.0909. The number of rotatable bonds is 14. The lowest BCUT2D eigenvalue weighted by molar-refractivity contribution is -0.401. The Bertz CT molecular complexity index is 1110. The Morgan fingerprint density at radius 3 is 1.14 bits per heavy atom. The van der Waals surface area contributed by atoms with Gasteiger partial charge in [-0.3, -0.25) is 19.6 Å². The van der Waals surface area contributed by atoms with Gasteiger partial charge in [0.15, 0.2) is 0 Å². The summed E-state index contributed by atoms with van der Waals surface area (Å²) in [6.07, 6.45) is 10.3. The Hall–Kier alpha value is -2.14. The normalized spacial score (nSPS) is 13.0. The van der Waals surface area contributed by atoms with Crippen molar-refractivity contribution in [2.45, 2.75) is 57.2 Å². The minimum Gasteiger partial charge on any atom is -0.352 e. The molecule has 0 fully saturated rings. The number of nitrogens with one attached hydrogen (secondary N) is 2. The fourth-order valence-corrected chi connectivity index (χ4v) is 3.63. The molecule has 0 unspecified atom stereocenters. The average molecular weight is 880 g/mol. The maximum atomic E-state index is 12.7. The summed E-state index contributed by atoms with van der Waals surface area (Å²) in [7, 11) is 0. The summed E-state index contributed by atoms with van der Waals surface area (Å²) in [6.45, 7) is 1.30. The number of amides is 2. The zero-order valence-corrected chi connectivity index (χ0v) is 26.2. The topological polar surface area (TPSA) is 84.0 Å². The molecule has 0 saturated heterocycles. The highest BCUT2D eigenvalue weighted by Crippen LogP contribution is 2.62. The molecule has 0 aliphatic heterocycles. The van der Waals surface area contributed by atoms with E-state index < -0.39 is 76.7 Å². The van der Waals surface area contributed by atoms with Crippen molar-refractivity contribution in [1.82, 2.24) is 20.6 Å². The molecule has 0 aliphatic carbocycles. The molecule has 2 N–H and O–H groups in total. The van der Waals surface area contributed by atoms with Gasteiger partial charge >= 0.3 is 31.5 Å². The molecule has 0 bridgehead atoms. The molecule has 0 spiro atoms. The summed E-state index contributed by atoms with van der Waals surface area (Å²) < 4.78 is 138. The SMILES string of the molecule is FC(F)(I)C(F)(F)C(F)(F)C(F)(F)C(F)(F)C(F)(F)I.O=C(NCCCCCCNC(=O)c1cccnc1)c1cccnc1.